The van der Waals surface area contributed by atoms with E-state index in [2.05, 4.69) is 27.2 Å². The molecule has 0 fully saturated rings. The number of esters is 1. The third kappa shape index (κ3) is 4.75. The summed E-state index contributed by atoms with van der Waals surface area (Å²) < 4.78 is 15.5. The molecule has 1 aromatic carbocycles. The van der Waals surface area contributed by atoms with Gasteiger partial charge < -0.3 is 13.8 Å². The SMILES string of the molecule is CCc1ccc(-c2noc(COC(=O)CCc3nc(-c4cccs4)no3)n2)cc1. The minimum atomic E-state index is -0.409. The fourth-order valence-corrected chi connectivity index (χ4v) is 3.26. The average Bonchev–Trinajstić information content (AvgIpc) is 3.52. The number of carbonyl (C=O) groups excluding carboxylic acids is 1. The lowest BCUT2D eigenvalue weighted by Gasteiger charge is -1.99. The molecule has 0 N–H and O–H groups in total. The molecule has 0 bridgehead atoms. The van der Waals surface area contributed by atoms with E-state index in [0.717, 1.165) is 16.9 Å². The van der Waals surface area contributed by atoms with Crippen molar-refractivity contribution in [3.05, 3.63) is 59.1 Å². The van der Waals surface area contributed by atoms with Crippen LogP contribution in [0, 0.1) is 0 Å². The highest BCUT2D eigenvalue weighted by atomic mass is 32.1. The van der Waals surface area contributed by atoms with Gasteiger partial charge >= 0.3 is 5.97 Å². The van der Waals surface area contributed by atoms with Gasteiger partial charge in [0.2, 0.25) is 17.5 Å². The number of thiophene rings is 1. The molecule has 0 unspecified atom stereocenters. The number of benzene rings is 1. The lowest BCUT2D eigenvalue weighted by molar-refractivity contribution is -0.145. The third-order valence-corrected chi connectivity index (χ3v) is 5.06. The Bertz CT molecular complexity index is 1070. The van der Waals surface area contributed by atoms with Gasteiger partial charge in [0, 0.05) is 12.0 Å². The van der Waals surface area contributed by atoms with Gasteiger partial charge in [0.25, 0.3) is 5.89 Å². The molecule has 0 spiro atoms. The molecule has 4 rings (SSSR count). The van der Waals surface area contributed by atoms with Crippen molar-refractivity contribution >= 4 is 17.3 Å². The fourth-order valence-electron chi connectivity index (χ4n) is 2.61. The van der Waals surface area contributed by atoms with E-state index in [1.54, 1.807) is 0 Å². The van der Waals surface area contributed by atoms with E-state index < -0.39 is 5.97 Å². The molecule has 3 heterocycles. The Hall–Kier alpha value is -3.33. The minimum Gasteiger partial charge on any atom is -0.456 e. The van der Waals surface area contributed by atoms with Crippen LogP contribution in [0.4, 0.5) is 0 Å². The van der Waals surface area contributed by atoms with Gasteiger partial charge in [-0.2, -0.15) is 9.97 Å². The van der Waals surface area contributed by atoms with Crippen LogP contribution >= 0.6 is 11.3 Å². The summed E-state index contributed by atoms with van der Waals surface area (Å²) in [6.45, 7) is 2.01. The summed E-state index contributed by atoms with van der Waals surface area (Å²) in [5.41, 5.74) is 2.08. The molecule has 0 saturated heterocycles. The molecule has 8 nitrogen and oxygen atoms in total. The fraction of sp³-hybridized carbons (Fsp3) is 0.250. The van der Waals surface area contributed by atoms with Crippen LogP contribution in [-0.2, 0) is 29.0 Å². The Morgan fingerprint density at radius 1 is 1.03 bits per heavy atom. The van der Waals surface area contributed by atoms with E-state index in [0.29, 0.717) is 24.0 Å². The first kappa shape index (κ1) is 19.0. The number of nitrogens with zero attached hydrogens (tertiary/aromatic N) is 4. The monoisotopic (exact) mass is 410 g/mol. The van der Waals surface area contributed by atoms with Crippen molar-refractivity contribution in [1.29, 1.82) is 0 Å². The topological polar surface area (TPSA) is 104 Å². The van der Waals surface area contributed by atoms with Crippen molar-refractivity contribution in [1.82, 2.24) is 20.3 Å². The van der Waals surface area contributed by atoms with Gasteiger partial charge in [-0.05, 0) is 23.4 Å². The summed E-state index contributed by atoms with van der Waals surface area (Å²) in [6, 6.07) is 11.7. The number of carbonyl (C=O) groups is 1. The Balaban J connectivity index is 1.26. The van der Waals surface area contributed by atoms with E-state index in [-0.39, 0.29) is 18.9 Å². The zero-order valence-corrected chi connectivity index (χ0v) is 16.5. The maximum absolute atomic E-state index is 12.0. The number of aromatic nitrogens is 4. The summed E-state index contributed by atoms with van der Waals surface area (Å²) in [5, 5.41) is 9.78. The first-order valence-corrected chi connectivity index (χ1v) is 10.0. The van der Waals surface area contributed by atoms with Crippen molar-refractivity contribution in [3.63, 3.8) is 0 Å². The van der Waals surface area contributed by atoms with Gasteiger partial charge in [-0.25, -0.2) is 0 Å². The molecule has 0 aliphatic rings. The van der Waals surface area contributed by atoms with E-state index in [9.17, 15) is 4.79 Å². The second-order valence-electron chi connectivity index (χ2n) is 6.21. The van der Waals surface area contributed by atoms with E-state index in [1.807, 2.05) is 41.8 Å². The number of ether oxygens (including phenoxy) is 1. The third-order valence-electron chi connectivity index (χ3n) is 4.20. The Kier molecular flexibility index (Phi) is 5.76. The van der Waals surface area contributed by atoms with Gasteiger partial charge in [0.1, 0.15) is 0 Å². The predicted molar refractivity (Wildman–Crippen MR) is 105 cm³/mol. The summed E-state index contributed by atoms with van der Waals surface area (Å²) in [6.07, 6.45) is 1.38. The highest BCUT2D eigenvalue weighted by Gasteiger charge is 2.14. The number of hydrogen-bond acceptors (Lipinski definition) is 9. The molecule has 148 valence electrons. The summed E-state index contributed by atoms with van der Waals surface area (Å²) in [4.78, 5) is 21.4. The number of rotatable bonds is 8. The van der Waals surface area contributed by atoms with Crippen LogP contribution in [0.3, 0.4) is 0 Å². The molecular formula is C20H18N4O4S. The summed E-state index contributed by atoms with van der Waals surface area (Å²) >= 11 is 1.52. The molecule has 0 saturated carbocycles. The predicted octanol–water partition coefficient (Wildman–Crippen LogP) is 4.09. The minimum absolute atomic E-state index is 0.0802. The van der Waals surface area contributed by atoms with Crippen LogP contribution < -0.4 is 0 Å². The quantitative estimate of drug-likeness (QED) is 0.400. The molecular weight excluding hydrogens is 392 g/mol. The zero-order valence-electron chi connectivity index (χ0n) is 15.7. The van der Waals surface area contributed by atoms with Crippen molar-refractivity contribution < 1.29 is 18.6 Å². The van der Waals surface area contributed by atoms with Crippen molar-refractivity contribution in [2.75, 3.05) is 0 Å². The van der Waals surface area contributed by atoms with E-state index in [1.165, 1.54) is 16.9 Å². The molecule has 0 amide bonds. The molecule has 3 aromatic heterocycles. The largest absolute Gasteiger partial charge is 0.456 e. The second kappa shape index (κ2) is 8.78. The van der Waals surface area contributed by atoms with Crippen LogP contribution in [0.2, 0.25) is 0 Å². The molecule has 0 aliphatic heterocycles. The van der Waals surface area contributed by atoms with E-state index in [4.69, 9.17) is 13.8 Å². The molecule has 0 atom stereocenters. The van der Waals surface area contributed by atoms with Gasteiger partial charge in [0.05, 0.1) is 11.3 Å². The van der Waals surface area contributed by atoms with Crippen LogP contribution in [0.1, 0.15) is 30.7 Å². The van der Waals surface area contributed by atoms with Crippen LogP contribution in [-0.4, -0.2) is 26.3 Å². The first-order valence-electron chi connectivity index (χ1n) is 9.15. The normalized spacial score (nSPS) is 10.9. The van der Waals surface area contributed by atoms with Crippen molar-refractivity contribution in [2.45, 2.75) is 32.8 Å². The molecule has 4 aromatic rings. The zero-order chi connectivity index (χ0) is 20.1. The number of hydrogen-bond donors (Lipinski definition) is 0. The maximum Gasteiger partial charge on any atom is 0.306 e. The van der Waals surface area contributed by atoms with Gasteiger partial charge in [0.15, 0.2) is 6.61 Å². The second-order valence-corrected chi connectivity index (χ2v) is 7.16. The van der Waals surface area contributed by atoms with Gasteiger partial charge in [-0.3, -0.25) is 4.79 Å². The van der Waals surface area contributed by atoms with Crippen LogP contribution in [0.25, 0.3) is 22.1 Å². The summed E-state index contributed by atoms with van der Waals surface area (Å²) in [7, 11) is 0. The Labute approximate surface area is 170 Å². The molecule has 0 radical (unpaired) electrons. The molecule has 29 heavy (non-hydrogen) atoms. The lowest BCUT2D eigenvalue weighted by atomic mass is 10.1. The highest BCUT2D eigenvalue weighted by Crippen LogP contribution is 2.21. The summed E-state index contributed by atoms with van der Waals surface area (Å²) in [5.74, 6) is 1.21. The maximum atomic E-state index is 12.0. The Morgan fingerprint density at radius 2 is 1.79 bits per heavy atom. The standard InChI is InChI=1S/C20H18N4O4S/c1-2-13-5-7-14(8-6-13)19-22-17(28-23-19)12-26-18(25)10-9-16-21-20(24-27-16)15-4-3-11-29-15/h3-8,11H,2,9-10,12H2,1H3. The van der Waals surface area contributed by atoms with E-state index >= 15 is 0 Å². The Morgan fingerprint density at radius 3 is 2.55 bits per heavy atom. The van der Waals surface area contributed by atoms with Crippen LogP contribution in [0.15, 0.2) is 50.8 Å². The van der Waals surface area contributed by atoms with Crippen molar-refractivity contribution in [3.8, 4) is 22.1 Å². The van der Waals surface area contributed by atoms with Crippen LogP contribution in [0.5, 0.6) is 0 Å². The average molecular weight is 410 g/mol. The van der Waals surface area contributed by atoms with Crippen molar-refractivity contribution in [2.24, 2.45) is 0 Å². The van der Waals surface area contributed by atoms with Gasteiger partial charge in [-0.15, -0.1) is 11.3 Å². The smallest absolute Gasteiger partial charge is 0.306 e. The first-order chi connectivity index (χ1) is 14.2. The molecule has 9 heteroatoms. The lowest BCUT2D eigenvalue weighted by Crippen LogP contribution is -2.06. The molecule has 0 aliphatic carbocycles. The van der Waals surface area contributed by atoms with Gasteiger partial charge in [-0.1, -0.05) is 47.6 Å². The number of aryl methyl sites for hydroxylation is 2. The highest BCUT2D eigenvalue weighted by molar-refractivity contribution is 7.13.